The van der Waals surface area contributed by atoms with Crippen LogP contribution in [0.4, 0.5) is 11.4 Å². The molecule has 6 nitrogen and oxygen atoms in total. The zero-order valence-corrected chi connectivity index (χ0v) is 20.6. The average Bonchev–Trinajstić information content (AvgIpc) is 3.26. The van der Waals surface area contributed by atoms with Crippen molar-refractivity contribution in [2.24, 2.45) is 0 Å². The first-order valence-electron chi connectivity index (χ1n) is 11.2. The number of hydrogen-bond donors (Lipinski definition) is 1. The van der Waals surface area contributed by atoms with Crippen LogP contribution in [0.3, 0.4) is 0 Å². The summed E-state index contributed by atoms with van der Waals surface area (Å²) < 4.78 is 0.502. The Hall–Kier alpha value is -2.68. The van der Waals surface area contributed by atoms with Crippen LogP contribution < -0.4 is 10.2 Å². The Morgan fingerprint density at radius 3 is 2.59 bits per heavy atom. The van der Waals surface area contributed by atoms with Crippen LogP contribution in [0.1, 0.15) is 37.7 Å². The summed E-state index contributed by atoms with van der Waals surface area (Å²) in [5.41, 5.74) is 2.12. The summed E-state index contributed by atoms with van der Waals surface area (Å²) in [7, 11) is 0. The Morgan fingerprint density at radius 1 is 1.06 bits per heavy atom. The lowest BCUT2D eigenvalue weighted by atomic mass is 9.94. The van der Waals surface area contributed by atoms with Gasteiger partial charge in [0.1, 0.15) is 10.9 Å². The minimum Gasteiger partial charge on any atom is -0.324 e. The zero-order chi connectivity index (χ0) is 23.8. The molecule has 3 aliphatic rings. The minimum absolute atomic E-state index is 0.0886. The van der Waals surface area contributed by atoms with Gasteiger partial charge in [-0.15, -0.1) is 0 Å². The van der Waals surface area contributed by atoms with Gasteiger partial charge in [-0.1, -0.05) is 79.1 Å². The molecule has 34 heavy (non-hydrogen) atoms. The number of anilines is 2. The smallest absolute Gasteiger partial charge is 0.267 e. The molecular weight excluding hydrogens is 490 g/mol. The van der Waals surface area contributed by atoms with Crippen LogP contribution in [0.25, 0.3) is 5.57 Å². The number of carbonyl (C=O) groups is 3. The maximum atomic E-state index is 13.6. The van der Waals surface area contributed by atoms with Crippen molar-refractivity contribution < 1.29 is 14.4 Å². The number of nitrogens with zero attached hydrogens (tertiary/aromatic N) is 2. The summed E-state index contributed by atoms with van der Waals surface area (Å²) in [6.45, 7) is -0.186. The molecule has 0 radical (unpaired) electrons. The molecule has 0 spiro atoms. The number of amides is 3. The number of hydrogen-bond acceptors (Lipinski definition) is 5. The highest BCUT2D eigenvalue weighted by atomic mass is 35.5. The number of thiocarbonyl (C=S) groups is 1. The molecule has 2 heterocycles. The third-order valence-electron chi connectivity index (χ3n) is 6.30. The topological polar surface area (TPSA) is 69.7 Å². The SMILES string of the molecule is O=C(CN1C(=O)/C(=C2\SC(=S)N(C3CCCCC3)C2=O)c2ccccc21)Nc1cccc(Cl)c1. The maximum Gasteiger partial charge on any atom is 0.267 e. The normalized spacial score (nSPS) is 20.8. The molecule has 2 aliphatic heterocycles. The first-order valence-corrected chi connectivity index (χ1v) is 12.8. The van der Waals surface area contributed by atoms with Crippen LogP contribution in [-0.4, -0.2) is 39.5 Å². The standard InChI is InChI=1S/C25H22ClN3O3S2/c26-15-7-6-8-16(13-15)27-20(30)14-28-19-12-5-4-11-18(19)21(23(28)31)22-24(32)29(25(33)34-22)17-9-2-1-3-10-17/h4-8,11-13,17H,1-3,9-10,14H2,(H,27,30)/b22-21-. The number of fused-ring (bicyclic) bond motifs is 1. The van der Waals surface area contributed by atoms with E-state index in [4.69, 9.17) is 23.8 Å². The van der Waals surface area contributed by atoms with Crippen molar-refractivity contribution in [1.82, 2.24) is 4.90 Å². The van der Waals surface area contributed by atoms with Gasteiger partial charge < -0.3 is 5.32 Å². The number of para-hydroxylation sites is 1. The Kier molecular flexibility index (Phi) is 6.46. The van der Waals surface area contributed by atoms with E-state index in [1.54, 1.807) is 35.2 Å². The van der Waals surface area contributed by atoms with Gasteiger partial charge in [0.15, 0.2) is 0 Å². The summed E-state index contributed by atoms with van der Waals surface area (Å²) in [4.78, 5) is 43.3. The Bertz CT molecular complexity index is 1240. The van der Waals surface area contributed by atoms with Gasteiger partial charge in [0.25, 0.3) is 11.8 Å². The molecule has 2 aromatic rings. The predicted octanol–water partition coefficient (Wildman–Crippen LogP) is 5.23. The fourth-order valence-electron chi connectivity index (χ4n) is 4.75. The highest BCUT2D eigenvalue weighted by Gasteiger charge is 2.44. The van der Waals surface area contributed by atoms with E-state index in [0.29, 0.717) is 36.8 Å². The van der Waals surface area contributed by atoms with Gasteiger partial charge in [0.2, 0.25) is 5.91 Å². The molecule has 1 aliphatic carbocycles. The third kappa shape index (κ3) is 4.26. The summed E-state index contributed by atoms with van der Waals surface area (Å²) in [5.74, 6) is -0.932. The third-order valence-corrected chi connectivity index (χ3v) is 7.94. The molecule has 9 heteroatoms. The molecule has 0 unspecified atom stereocenters. The fourth-order valence-corrected chi connectivity index (χ4v) is 6.41. The molecule has 0 aromatic heterocycles. The lowest BCUT2D eigenvalue weighted by Gasteiger charge is -2.29. The molecule has 2 aromatic carbocycles. The van der Waals surface area contributed by atoms with Crippen molar-refractivity contribution in [3.05, 3.63) is 64.0 Å². The minimum atomic E-state index is -0.369. The number of halogens is 1. The molecule has 5 rings (SSSR count). The quantitative estimate of drug-likeness (QED) is 0.449. The number of carbonyl (C=O) groups excluding carboxylic acids is 3. The number of nitrogens with one attached hydrogen (secondary N) is 1. The summed E-state index contributed by atoms with van der Waals surface area (Å²) in [6.07, 6.45) is 5.17. The number of benzene rings is 2. The van der Waals surface area contributed by atoms with Gasteiger partial charge in [0.05, 0.1) is 16.2 Å². The number of rotatable bonds is 4. The van der Waals surface area contributed by atoms with E-state index in [9.17, 15) is 14.4 Å². The maximum absolute atomic E-state index is 13.6. The molecule has 3 amide bonds. The summed E-state index contributed by atoms with van der Waals surface area (Å²) in [6, 6.07) is 14.1. The van der Waals surface area contributed by atoms with Crippen molar-refractivity contribution >= 4 is 74.6 Å². The monoisotopic (exact) mass is 511 g/mol. The van der Waals surface area contributed by atoms with E-state index in [1.807, 2.05) is 18.2 Å². The van der Waals surface area contributed by atoms with Crippen LogP contribution >= 0.6 is 35.6 Å². The van der Waals surface area contributed by atoms with Gasteiger partial charge in [-0.2, -0.15) is 0 Å². The van der Waals surface area contributed by atoms with Crippen molar-refractivity contribution in [2.75, 3.05) is 16.8 Å². The molecule has 1 saturated carbocycles. The summed E-state index contributed by atoms with van der Waals surface area (Å²) in [5, 5.41) is 3.28. The van der Waals surface area contributed by atoms with Gasteiger partial charge in [-0.3, -0.25) is 24.2 Å². The van der Waals surface area contributed by atoms with Gasteiger partial charge >= 0.3 is 0 Å². The second-order valence-corrected chi connectivity index (χ2v) is 10.6. The van der Waals surface area contributed by atoms with Crippen LogP contribution in [-0.2, 0) is 14.4 Å². The Morgan fingerprint density at radius 2 is 1.82 bits per heavy atom. The van der Waals surface area contributed by atoms with E-state index < -0.39 is 0 Å². The highest BCUT2D eigenvalue weighted by Crippen LogP contribution is 2.45. The van der Waals surface area contributed by atoms with E-state index in [-0.39, 0.29) is 30.3 Å². The molecule has 0 bridgehead atoms. The first-order chi connectivity index (χ1) is 16.4. The molecule has 1 N–H and O–H groups in total. The van der Waals surface area contributed by atoms with Gasteiger partial charge in [-0.25, -0.2) is 0 Å². The predicted molar refractivity (Wildman–Crippen MR) is 140 cm³/mol. The molecular formula is C25H22ClN3O3S2. The molecule has 1 saturated heterocycles. The van der Waals surface area contributed by atoms with E-state index >= 15 is 0 Å². The van der Waals surface area contributed by atoms with Crippen LogP contribution in [0.15, 0.2) is 53.4 Å². The largest absolute Gasteiger partial charge is 0.324 e. The second-order valence-electron chi connectivity index (χ2n) is 8.51. The molecule has 0 atom stereocenters. The molecule has 2 fully saturated rings. The summed E-state index contributed by atoms with van der Waals surface area (Å²) >= 11 is 12.8. The average molecular weight is 512 g/mol. The highest BCUT2D eigenvalue weighted by molar-refractivity contribution is 8.26. The van der Waals surface area contributed by atoms with Crippen molar-refractivity contribution in [2.45, 2.75) is 38.1 Å². The van der Waals surface area contributed by atoms with E-state index in [1.165, 1.54) is 23.1 Å². The second kappa shape index (κ2) is 9.52. The van der Waals surface area contributed by atoms with E-state index in [0.717, 1.165) is 25.7 Å². The Labute approximate surface area is 212 Å². The lowest BCUT2D eigenvalue weighted by molar-refractivity contribution is -0.124. The van der Waals surface area contributed by atoms with Crippen molar-refractivity contribution in [1.29, 1.82) is 0 Å². The van der Waals surface area contributed by atoms with Crippen LogP contribution in [0.5, 0.6) is 0 Å². The van der Waals surface area contributed by atoms with Crippen molar-refractivity contribution in [3.63, 3.8) is 0 Å². The van der Waals surface area contributed by atoms with Crippen LogP contribution in [0, 0.1) is 0 Å². The molecule has 174 valence electrons. The lowest BCUT2D eigenvalue weighted by Crippen LogP contribution is -2.40. The Balaban J connectivity index is 1.44. The van der Waals surface area contributed by atoms with Gasteiger partial charge in [0, 0.05) is 22.3 Å². The fraction of sp³-hybridized carbons (Fsp3) is 0.280. The first kappa shape index (κ1) is 23.1. The number of thioether (sulfide) groups is 1. The van der Waals surface area contributed by atoms with E-state index in [2.05, 4.69) is 5.32 Å². The zero-order valence-electron chi connectivity index (χ0n) is 18.3. The van der Waals surface area contributed by atoms with Crippen LogP contribution in [0.2, 0.25) is 5.02 Å². The van der Waals surface area contributed by atoms with Crippen molar-refractivity contribution in [3.8, 4) is 0 Å². The van der Waals surface area contributed by atoms with Gasteiger partial charge in [-0.05, 0) is 37.1 Å².